The van der Waals surface area contributed by atoms with Crippen LogP contribution in [-0.2, 0) is 18.3 Å². The van der Waals surface area contributed by atoms with Crippen molar-refractivity contribution < 1.29 is 0 Å². The number of benzene rings is 2. The van der Waals surface area contributed by atoms with E-state index in [0.29, 0.717) is 0 Å². The second kappa shape index (κ2) is 9.14. The Morgan fingerprint density at radius 2 is 1.79 bits per heavy atom. The number of thioether (sulfide) groups is 1. The summed E-state index contributed by atoms with van der Waals surface area (Å²) in [6.07, 6.45) is 6.39. The van der Waals surface area contributed by atoms with Gasteiger partial charge in [0.2, 0.25) is 0 Å². The molecule has 0 saturated carbocycles. The average Bonchev–Trinajstić information content (AvgIpc) is 2.93. The molecule has 154 valence electrons. The molecule has 0 bridgehead atoms. The van der Waals surface area contributed by atoms with E-state index in [1.165, 1.54) is 59.9 Å². The van der Waals surface area contributed by atoms with Crippen molar-refractivity contribution >= 4 is 38.3 Å². The Kier molecular flexibility index (Phi) is 7.01. The van der Waals surface area contributed by atoms with Crippen molar-refractivity contribution in [1.29, 1.82) is 0 Å². The van der Waals surface area contributed by atoms with E-state index in [4.69, 9.17) is 5.73 Å². The summed E-state index contributed by atoms with van der Waals surface area (Å²) in [6.45, 7) is 13.2. The molecule has 0 aromatic heterocycles. The molecule has 0 spiro atoms. The molecule has 1 aliphatic rings. The van der Waals surface area contributed by atoms with Crippen LogP contribution in [0.2, 0.25) is 0 Å². The van der Waals surface area contributed by atoms with Crippen molar-refractivity contribution in [2.24, 2.45) is 0 Å². The van der Waals surface area contributed by atoms with Gasteiger partial charge in [-0.3, -0.25) is 0 Å². The molecule has 0 heterocycles. The number of hydrogen-bond acceptors (Lipinski definition) is 2. The molecule has 3 rings (SSSR count). The highest BCUT2D eigenvalue weighted by Gasteiger charge is 2.26. The van der Waals surface area contributed by atoms with E-state index in [1.54, 1.807) is 11.8 Å². The zero-order valence-electron chi connectivity index (χ0n) is 18.1. The standard InChI is InChI=1S/C26H32BrNS/c1-17-13-23(24(27)15-25(17)28)26(4,5)18(2)16-29-19(3)21-12-11-20-9-7-6-8-10-22(20)14-21/h11-16H,3,6-10,28H2,1-2,4-5H3/b18-16+. The van der Waals surface area contributed by atoms with E-state index in [1.807, 2.05) is 6.07 Å². The third-order valence-electron chi connectivity index (χ3n) is 6.31. The van der Waals surface area contributed by atoms with Gasteiger partial charge in [-0.15, -0.1) is 0 Å². The molecule has 0 unspecified atom stereocenters. The maximum absolute atomic E-state index is 6.07. The molecular formula is C26H32BrNS. The first-order valence-electron chi connectivity index (χ1n) is 10.4. The van der Waals surface area contributed by atoms with Crippen molar-refractivity contribution in [3.05, 3.63) is 80.2 Å². The van der Waals surface area contributed by atoms with Gasteiger partial charge in [-0.2, -0.15) is 0 Å². The van der Waals surface area contributed by atoms with Crippen molar-refractivity contribution in [3.8, 4) is 0 Å². The van der Waals surface area contributed by atoms with Gasteiger partial charge in [0.25, 0.3) is 0 Å². The Balaban J connectivity index is 1.79. The average molecular weight is 471 g/mol. The van der Waals surface area contributed by atoms with Gasteiger partial charge < -0.3 is 5.73 Å². The topological polar surface area (TPSA) is 26.0 Å². The van der Waals surface area contributed by atoms with Crippen molar-refractivity contribution in [1.82, 2.24) is 0 Å². The summed E-state index contributed by atoms with van der Waals surface area (Å²) in [7, 11) is 0. The Morgan fingerprint density at radius 3 is 2.52 bits per heavy atom. The lowest BCUT2D eigenvalue weighted by molar-refractivity contribution is 0.621. The first kappa shape index (κ1) is 22.2. The summed E-state index contributed by atoms with van der Waals surface area (Å²) < 4.78 is 1.06. The van der Waals surface area contributed by atoms with E-state index in [-0.39, 0.29) is 5.41 Å². The van der Waals surface area contributed by atoms with Crippen LogP contribution in [0.1, 0.15) is 67.9 Å². The number of halogens is 1. The summed E-state index contributed by atoms with van der Waals surface area (Å²) in [4.78, 5) is 1.11. The van der Waals surface area contributed by atoms with Crippen LogP contribution in [0.25, 0.3) is 4.91 Å². The first-order valence-corrected chi connectivity index (χ1v) is 12.1. The normalized spacial score (nSPS) is 15.0. The van der Waals surface area contributed by atoms with E-state index in [2.05, 4.69) is 79.9 Å². The fourth-order valence-electron chi connectivity index (χ4n) is 3.85. The highest BCUT2D eigenvalue weighted by molar-refractivity contribution is 9.10. The van der Waals surface area contributed by atoms with Crippen molar-refractivity contribution in [2.45, 2.75) is 65.2 Å². The quantitative estimate of drug-likeness (QED) is 0.352. The predicted octanol–water partition coefficient (Wildman–Crippen LogP) is 8.19. The zero-order valence-corrected chi connectivity index (χ0v) is 20.5. The lowest BCUT2D eigenvalue weighted by Crippen LogP contribution is -2.19. The number of anilines is 1. The first-order chi connectivity index (χ1) is 13.7. The largest absolute Gasteiger partial charge is 0.398 e. The van der Waals surface area contributed by atoms with E-state index < -0.39 is 0 Å². The maximum Gasteiger partial charge on any atom is 0.0355 e. The highest BCUT2D eigenvalue weighted by atomic mass is 79.9. The molecule has 1 aliphatic carbocycles. The van der Waals surface area contributed by atoms with Crippen molar-refractivity contribution in [2.75, 3.05) is 5.73 Å². The third kappa shape index (κ3) is 5.00. The monoisotopic (exact) mass is 469 g/mol. The summed E-state index contributed by atoms with van der Waals surface area (Å²) in [6, 6.07) is 11.1. The van der Waals surface area contributed by atoms with Crippen LogP contribution in [0.4, 0.5) is 5.69 Å². The number of aryl methyl sites for hydroxylation is 3. The minimum Gasteiger partial charge on any atom is -0.398 e. The fraction of sp³-hybridized carbons (Fsp3) is 0.385. The van der Waals surface area contributed by atoms with Crippen LogP contribution in [0.5, 0.6) is 0 Å². The number of fused-ring (bicyclic) bond motifs is 1. The van der Waals surface area contributed by atoms with Gasteiger partial charge >= 0.3 is 0 Å². The molecule has 0 atom stereocenters. The van der Waals surface area contributed by atoms with E-state index >= 15 is 0 Å². The molecular weight excluding hydrogens is 438 g/mol. The second-order valence-corrected chi connectivity index (χ2v) is 10.5. The van der Waals surface area contributed by atoms with Crippen LogP contribution in [0, 0.1) is 6.92 Å². The number of rotatable bonds is 5. The third-order valence-corrected chi connectivity index (χ3v) is 7.96. The van der Waals surface area contributed by atoms with E-state index in [9.17, 15) is 0 Å². The Labute approximate surface area is 189 Å². The molecule has 0 fully saturated rings. The molecule has 29 heavy (non-hydrogen) atoms. The summed E-state index contributed by atoms with van der Waals surface area (Å²) in [5, 5.41) is 2.26. The lowest BCUT2D eigenvalue weighted by atomic mass is 9.78. The smallest absolute Gasteiger partial charge is 0.0355 e. The molecule has 3 heteroatoms. The Morgan fingerprint density at radius 1 is 1.10 bits per heavy atom. The van der Waals surface area contributed by atoms with Gasteiger partial charge in [0, 0.05) is 20.5 Å². The van der Waals surface area contributed by atoms with Gasteiger partial charge in [-0.05, 0) is 78.8 Å². The SMILES string of the molecule is C=C(S/C=C(\C)C(C)(C)c1cc(C)c(N)cc1Br)c1ccc2c(c1)CCCCC2. The second-order valence-electron chi connectivity index (χ2n) is 8.70. The van der Waals surface area contributed by atoms with Gasteiger partial charge in [0.05, 0.1) is 0 Å². The molecule has 2 aromatic carbocycles. The van der Waals surface area contributed by atoms with Crippen LogP contribution >= 0.6 is 27.7 Å². The lowest BCUT2D eigenvalue weighted by Gasteiger charge is -2.29. The van der Waals surface area contributed by atoms with Crippen LogP contribution < -0.4 is 5.73 Å². The minimum atomic E-state index is -0.0989. The van der Waals surface area contributed by atoms with Crippen LogP contribution in [0.15, 0.2) is 52.4 Å². The number of hydrogen-bond donors (Lipinski definition) is 1. The molecule has 0 saturated heterocycles. The van der Waals surface area contributed by atoms with Gasteiger partial charge in [-0.25, -0.2) is 0 Å². The number of allylic oxidation sites excluding steroid dienone is 1. The fourth-order valence-corrected chi connectivity index (χ4v) is 5.58. The molecule has 0 radical (unpaired) electrons. The Bertz CT molecular complexity index is 955. The van der Waals surface area contributed by atoms with Crippen molar-refractivity contribution in [3.63, 3.8) is 0 Å². The predicted molar refractivity (Wildman–Crippen MR) is 134 cm³/mol. The molecule has 1 nitrogen and oxygen atoms in total. The van der Waals surface area contributed by atoms with E-state index in [0.717, 1.165) is 20.6 Å². The number of nitrogen functional groups attached to an aromatic ring is 1. The summed E-state index contributed by atoms with van der Waals surface area (Å²) in [5.74, 6) is 0. The minimum absolute atomic E-state index is 0.0989. The summed E-state index contributed by atoms with van der Waals surface area (Å²) in [5.41, 5.74) is 14.8. The Hall–Kier alpha value is -1.45. The number of nitrogens with two attached hydrogens (primary N) is 1. The zero-order chi connectivity index (χ0) is 21.2. The molecule has 2 aromatic rings. The molecule has 0 aliphatic heterocycles. The maximum atomic E-state index is 6.07. The summed E-state index contributed by atoms with van der Waals surface area (Å²) >= 11 is 5.44. The van der Waals surface area contributed by atoms with Crippen LogP contribution in [-0.4, -0.2) is 0 Å². The van der Waals surface area contributed by atoms with Gasteiger partial charge in [0.1, 0.15) is 0 Å². The molecule has 2 N–H and O–H groups in total. The molecule has 0 amide bonds. The van der Waals surface area contributed by atoms with Gasteiger partial charge in [-0.1, -0.05) is 84.4 Å². The highest BCUT2D eigenvalue weighted by Crippen LogP contribution is 2.40. The van der Waals surface area contributed by atoms with Crippen LogP contribution in [0.3, 0.4) is 0 Å². The van der Waals surface area contributed by atoms with Gasteiger partial charge in [0.15, 0.2) is 0 Å².